The van der Waals surface area contributed by atoms with Crippen LogP contribution in [0.15, 0.2) is 12.4 Å². The number of ether oxygens (including phenoxy) is 1. The molecular formula is C11H16N2O3. The Morgan fingerprint density at radius 2 is 2.44 bits per heavy atom. The Bertz CT molecular complexity index is 386. The maximum atomic E-state index is 11.0. The van der Waals surface area contributed by atoms with Crippen molar-refractivity contribution in [3.63, 3.8) is 0 Å². The molecule has 5 nitrogen and oxygen atoms in total. The molecule has 1 N–H and O–H groups in total. The van der Waals surface area contributed by atoms with E-state index in [2.05, 4.69) is 5.10 Å². The lowest BCUT2D eigenvalue weighted by Gasteiger charge is -2.12. The molecule has 2 heterocycles. The minimum absolute atomic E-state index is 0.276. The number of hydrogen-bond donors (Lipinski definition) is 1. The number of carbonyl (C=O) groups is 1. The standard InChI is InChI=1S/C11H16N2O3/c1-7(2)13-6-8(5-12-13)10-9(11(14)15)3-4-16-10/h5-7,9-10H,3-4H2,1-2H3,(H,14,15)/t9-,10-/m0/s1. The molecule has 1 aliphatic heterocycles. The smallest absolute Gasteiger partial charge is 0.309 e. The highest BCUT2D eigenvalue weighted by molar-refractivity contribution is 5.71. The maximum absolute atomic E-state index is 11.0. The van der Waals surface area contributed by atoms with E-state index >= 15 is 0 Å². The van der Waals surface area contributed by atoms with Crippen molar-refractivity contribution >= 4 is 5.97 Å². The van der Waals surface area contributed by atoms with E-state index in [1.54, 1.807) is 6.20 Å². The van der Waals surface area contributed by atoms with E-state index in [9.17, 15) is 4.79 Å². The molecule has 1 aromatic heterocycles. The van der Waals surface area contributed by atoms with Crippen molar-refractivity contribution < 1.29 is 14.6 Å². The average molecular weight is 224 g/mol. The quantitative estimate of drug-likeness (QED) is 0.847. The zero-order chi connectivity index (χ0) is 11.7. The third-order valence-corrected chi connectivity index (χ3v) is 2.89. The fraction of sp³-hybridized carbons (Fsp3) is 0.636. The predicted octanol–water partition coefficient (Wildman–Crippen LogP) is 1.63. The number of carboxylic acids is 1. The molecule has 0 radical (unpaired) electrons. The second-order valence-electron chi connectivity index (χ2n) is 4.37. The van der Waals surface area contributed by atoms with Gasteiger partial charge in [-0.25, -0.2) is 0 Å². The van der Waals surface area contributed by atoms with Crippen LogP contribution >= 0.6 is 0 Å². The Morgan fingerprint density at radius 3 is 3.00 bits per heavy atom. The van der Waals surface area contributed by atoms with Crippen molar-refractivity contribution in [2.75, 3.05) is 6.61 Å². The van der Waals surface area contributed by atoms with Crippen LogP contribution in [0.2, 0.25) is 0 Å². The maximum Gasteiger partial charge on any atom is 0.309 e. The molecule has 1 saturated heterocycles. The molecule has 0 aromatic carbocycles. The summed E-state index contributed by atoms with van der Waals surface area (Å²) in [7, 11) is 0. The third kappa shape index (κ3) is 1.95. The second kappa shape index (κ2) is 4.25. The zero-order valence-electron chi connectivity index (χ0n) is 9.46. The van der Waals surface area contributed by atoms with Crippen LogP contribution in [0.25, 0.3) is 0 Å². The Morgan fingerprint density at radius 1 is 1.69 bits per heavy atom. The van der Waals surface area contributed by atoms with Crippen LogP contribution in [0.4, 0.5) is 0 Å². The van der Waals surface area contributed by atoms with Crippen LogP contribution < -0.4 is 0 Å². The summed E-state index contributed by atoms with van der Waals surface area (Å²) in [6.45, 7) is 4.57. The summed E-state index contributed by atoms with van der Waals surface area (Å²) in [5.74, 6) is -1.23. The lowest BCUT2D eigenvalue weighted by molar-refractivity contribution is -0.143. The van der Waals surface area contributed by atoms with Crippen molar-refractivity contribution in [1.29, 1.82) is 0 Å². The molecule has 2 rings (SSSR count). The van der Waals surface area contributed by atoms with Gasteiger partial charge in [-0.3, -0.25) is 9.48 Å². The first-order valence-electron chi connectivity index (χ1n) is 5.48. The van der Waals surface area contributed by atoms with Crippen LogP contribution in [0.5, 0.6) is 0 Å². The second-order valence-corrected chi connectivity index (χ2v) is 4.37. The molecule has 0 unspecified atom stereocenters. The van der Waals surface area contributed by atoms with Gasteiger partial charge in [0, 0.05) is 24.4 Å². The third-order valence-electron chi connectivity index (χ3n) is 2.89. The van der Waals surface area contributed by atoms with E-state index in [-0.39, 0.29) is 12.1 Å². The van der Waals surface area contributed by atoms with E-state index in [0.29, 0.717) is 13.0 Å². The van der Waals surface area contributed by atoms with Crippen LogP contribution in [0.1, 0.15) is 38.0 Å². The van der Waals surface area contributed by atoms with Gasteiger partial charge in [-0.2, -0.15) is 5.10 Å². The predicted molar refractivity (Wildman–Crippen MR) is 57.0 cm³/mol. The zero-order valence-corrected chi connectivity index (χ0v) is 9.46. The van der Waals surface area contributed by atoms with Crippen molar-refractivity contribution in [3.05, 3.63) is 18.0 Å². The fourth-order valence-electron chi connectivity index (χ4n) is 1.95. The lowest BCUT2D eigenvalue weighted by atomic mass is 9.98. The molecule has 0 saturated carbocycles. The molecule has 1 aromatic rings. The molecular weight excluding hydrogens is 208 g/mol. The number of aliphatic carboxylic acids is 1. The average Bonchev–Trinajstić information content (AvgIpc) is 2.86. The highest BCUT2D eigenvalue weighted by atomic mass is 16.5. The number of aromatic nitrogens is 2. The summed E-state index contributed by atoms with van der Waals surface area (Å²) in [6.07, 6.45) is 3.81. The van der Waals surface area contributed by atoms with Gasteiger partial charge in [0.25, 0.3) is 0 Å². The first-order valence-corrected chi connectivity index (χ1v) is 5.48. The lowest BCUT2D eigenvalue weighted by Crippen LogP contribution is -2.17. The molecule has 2 atom stereocenters. The highest BCUT2D eigenvalue weighted by Gasteiger charge is 2.35. The number of nitrogens with zero attached hydrogens (tertiary/aromatic N) is 2. The first kappa shape index (κ1) is 11.1. The topological polar surface area (TPSA) is 64.3 Å². The molecule has 0 bridgehead atoms. The van der Waals surface area contributed by atoms with Crippen LogP contribution in [-0.4, -0.2) is 27.5 Å². The molecule has 0 aliphatic carbocycles. The summed E-state index contributed by atoms with van der Waals surface area (Å²) in [5.41, 5.74) is 0.860. The summed E-state index contributed by atoms with van der Waals surface area (Å²) in [5, 5.41) is 13.3. The summed E-state index contributed by atoms with van der Waals surface area (Å²) < 4.78 is 7.29. The van der Waals surface area contributed by atoms with E-state index < -0.39 is 11.9 Å². The largest absolute Gasteiger partial charge is 0.481 e. The van der Waals surface area contributed by atoms with Crippen molar-refractivity contribution in [2.24, 2.45) is 5.92 Å². The minimum atomic E-state index is -0.792. The van der Waals surface area contributed by atoms with E-state index in [1.807, 2.05) is 24.7 Å². The van der Waals surface area contributed by atoms with Crippen molar-refractivity contribution in [3.8, 4) is 0 Å². The normalized spacial score (nSPS) is 25.2. The number of rotatable bonds is 3. The molecule has 16 heavy (non-hydrogen) atoms. The Labute approximate surface area is 94.0 Å². The van der Waals surface area contributed by atoms with Gasteiger partial charge in [0.1, 0.15) is 0 Å². The van der Waals surface area contributed by atoms with Crippen LogP contribution in [-0.2, 0) is 9.53 Å². The number of carboxylic acid groups (broad SMARTS) is 1. The van der Waals surface area contributed by atoms with Gasteiger partial charge < -0.3 is 9.84 Å². The number of hydrogen-bond acceptors (Lipinski definition) is 3. The van der Waals surface area contributed by atoms with Gasteiger partial charge in [-0.1, -0.05) is 0 Å². The monoisotopic (exact) mass is 224 g/mol. The first-order chi connectivity index (χ1) is 7.59. The van der Waals surface area contributed by atoms with E-state index in [4.69, 9.17) is 9.84 Å². The van der Waals surface area contributed by atoms with Crippen molar-refractivity contribution in [1.82, 2.24) is 9.78 Å². The molecule has 0 spiro atoms. The van der Waals surface area contributed by atoms with Crippen LogP contribution in [0.3, 0.4) is 0 Å². The van der Waals surface area contributed by atoms with E-state index in [0.717, 1.165) is 5.56 Å². The van der Waals surface area contributed by atoms with Gasteiger partial charge in [0.05, 0.1) is 18.2 Å². The van der Waals surface area contributed by atoms with Crippen molar-refractivity contribution in [2.45, 2.75) is 32.4 Å². The summed E-state index contributed by atoms with van der Waals surface area (Å²) >= 11 is 0. The Hall–Kier alpha value is -1.36. The molecule has 0 amide bonds. The van der Waals surface area contributed by atoms with Gasteiger partial charge in [0.2, 0.25) is 0 Å². The molecule has 5 heteroatoms. The van der Waals surface area contributed by atoms with Gasteiger partial charge in [-0.15, -0.1) is 0 Å². The fourth-order valence-corrected chi connectivity index (χ4v) is 1.95. The van der Waals surface area contributed by atoms with Gasteiger partial charge in [0.15, 0.2) is 0 Å². The van der Waals surface area contributed by atoms with Crippen LogP contribution in [0, 0.1) is 5.92 Å². The summed E-state index contributed by atoms with van der Waals surface area (Å²) in [4.78, 5) is 11.0. The molecule has 1 fully saturated rings. The Kier molecular flexibility index (Phi) is 2.96. The Balaban J connectivity index is 2.19. The van der Waals surface area contributed by atoms with Gasteiger partial charge in [-0.05, 0) is 20.3 Å². The molecule has 88 valence electrons. The van der Waals surface area contributed by atoms with E-state index in [1.165, 1.54) is 0 Å². The van der Waals surface area contributed by atoms with Gasteiger partial charge >= 0.3 is 5.97 Å². The minimum Gasteiger partial charge on any atom is -0.481 e. The highest BCUT2D eigenvalue weighted by Crippen LogP contribution is 2.34. The molecule has 1 aliphatic rings. The SMILES string of the molecule is CC(C)n1cc([C@@H]2OCC[C@@H]2C(=O)O)cn1. The summed E-state index contributed by atoms with van der Waals surface area (Å²) in [6, 6.07) is 0.276.